The lowest BCUT2D eigenvalue weighted by atomic mass is 9.89. The van der Waals surface area contributed by atoms with Crippen molar-refractivity contribution in [3.05, 3.63) is 105 Å². The van der Waals surface area contributed by atoms with Crippen LogP contribution in [0.15, 0.2) is 70.3 Å². The van der Waals surface area contributed by atoms with Gasteiger partial charge < -0.3 is 23.9 Å². The minimum atomic E-state index is -0.553. The molecule has 58 heavy (non-hydrogen) atoms. The van der Waals surface area contributed by atoms with Crippen LogP contribution < -0.4 is 21.1 Å². The smallest absolute Gasteiger partial charge is 0.270 e. The van der Waals surface area contributed by atoms with E-state index < -0.39 is 5.92 Å². The van der Waals surface area contributed by atoms with Crippen molar-refractivity contribution in [3.63, 3.8) is 0 Å². The topological polar surface area (TPSA) is 174 Å². The Morgan fingerprint density at radius 2 is 1.83 bits per heavy atom. The number of rotatable bonds is 6. The van der Waals surface area contributed by atoms with E-state index in [0.717, 1.165) is 73.4 Å². The maximum Gasteiger partial charge on any atom is 0.270 e. The van der Waals surface area contributed by atoms with Crippen LogP contribution in [0.25, 0.3) is 33.3 Å². The van der Waals surface area contributed by atoms with E-state index in [1.165, 1.54) is 5.56 Å². The second-order valence-electron chi connectivity index (χ2n) is 15.0. The van der Waals surface area contributed by atoms with Crippen molar-refractivity contribution in [3.8, 4) is 23.2 Å². The van der Waals surface area contributed by atoms with E-state index in [9.17, 15) is 19.2 Å². The van der Waals surface area contributed by atoms with Gasteiger partial charge in [0.15, 0.2) is 11.6 Å². The van der Waals surface area contributed by atoms with Gasteiger partial charge in [-0.3, -0.25) is 34.5 Å². The molecular formula is C44H40N8O6. The average Bonchev–Trinajstić information content (AvgIpc) is 3.68. The molecule has 9 rings (SSSR count). The number of piperidine rings is 1. The fourth-order valence-corrected chi connectivity index (χ4v) is 8.23. The summed E-state index contributed by atoms with van der Waals surface area (Å²) in [5.41, 5.74) is 7.70. The Kier molecular flexibility index (Phi) is 9.74. The van der Waals surface area contributed by atoms with Gasteiger partial charge in [0.05, 0.1) is 46.9 Å². The first-order valence-corrected chi connectivity index (χ1v) is 19.5. The lowest BCUT2D eigenvalue weighted by molar-refractivity contribution is -0.134. The SMILES string of the molecule is Cc1cc2c(N3CCCc4nc(-c5ccc(C(=O)NCC#Cc6cc7c(C8CCC(=O)NC8=O)nccc7o6)nc5)ncc43)cc(C3CCOCC3)cc2n(C)c1=O. The predicted molar refractivity (Wildman–Crippen MR) is 216 cm³/mol. The summed E-state index contributed by atoms with van der Waals surface area (Å²) < 4.78 is 13.3. The summed E-state index contributed by atoms with van der Waals surface area (Å²) in [4.78, 5) is 70.9. The molecule has 0 spiro atoms. The fraction of sp³-hybridized carbons (Fsp3) is 0.318. The van der Waals surface area contributed by atoms with Crippen LogP contribution in [-0.2, 0) is 27.8 Å². The third-order valence-corrected chi connectivity index (χ3v) is 11.3. The number of hydrogen-bond donors (Lipinski definition) is 2. The highest BCUT2D eigenvalue weighted by Gasteiger charge is 2.31. The number of fused-ring (bicyclic) bond motifs is 3. The number of benzene rings is 1. The van der Waals surface area contributed by atoms with Gasteiger partial charge in [0.2, 0.25) is 11.8 Å². The molecule has 3 amide bonds. The second-order valence-corrected chi connectivity index (χ2v) is 15.0. The Morgan fingerprint density at radius 3 is 2.64 bits per heavy atom. The zero-order chi connectivity index (χ0) is 39.9. The average molecular weight is 777 g/mol. The number of amides is 3. The van der Waals surface area contributed by atoms with Crippen molar-refractivity contribution >= 4 is 51.0 Å². The van der Waals surface area contributed by atoms with Crippen LogP contribution in [0, 0.1) is 18.8 Å². The maximum atomic E-state index is 13.0. The van der Waals surface area contributed by atoms with Gasteiger partial charge in [-0.25, -0.2) is 9.97 Å². The van der Waals surface area contributed by atoms with Crippen LogP contribution in [0.3, 0.4) is 0 Å². The number of ether oxygens (including phenoxy) is 1. The Morgan fingerprint density at radius 1 is 0.966 bits per heavy atom. The molecule has 0 bridgehead atoms. The normalized spacial score (nSPS) is 17.1. The number of aromatic nitrogens is 5. The third kappa shape index (κ3) is 6.98. The van der Waals surface area contributed by atoms with E-state index in [1.807, 2.05) is 26.2 Å². The van der Waals surface area contributed by atoms with E-state index in [4.69, 9.17) is 19.1 Å². The number of carbonyl (C=O) groups excluding carboxylic acids is 3. The van der Waals surface area contributed by atoms with Crippen molar-refractivity contribution in [2.24, 2.45) is 7.05 Å². The molecule has 3 aliphatic heterocycles. The van der Waals surface area contributed by atoms with Gasteiger partial charge in [0.1, 0.15) is 11.3 Å². The van der Waals surface area contributed by atoms with Gasteiger partial charge in [-0.15, -0.1) is 0 Å². The van der Waals surface area contributed by atoms with Crippen molar-refractivity contribution in [1.29, 1.82) is 0 Å². The molecule has 2 N–H and O–H groups in total. The highest BCUT2D eigenvalue weighted by molar-refractivity contribution is 6.02. The fourth-order valence-electron chi connectivity index (χ4n) is 8.23. The molecule has 1 unspecified atom stereocenters. The molecule has 1 atom stereocenters. The summed E-state index contributed by atoms with van der Waals surface area (Å²) in [7, 11) is 1.84. The molecule has 2 fully saturated rings. The first-order chi connectivity index (χ1) is 28.2. The Bertz CT molecular complexity index is 2760. The Labute approximate surface area is 333 Å². The van der Waals surface area contributed by atoms with Crippen LogP contribution in [-0.4, -0.2) is 68.5 Å². The lowest BCUT2D eigenvalue weighted by Crippen LogP contribution is -2.39. The minimum Gasteiger partial charge on any atom is -0.448 e. The number of hydrogen-bond acceptors (Lipinski definition) is 11. The van der Waals surface area contributed by atoms with E-state index >= 15 is 0 Å². The molecule has 6 aromatic rings. The maximum absolute atomic E-state index is 13.0. The summed E-state index contributed by atoms with van der Waals surface area (Å²) in [6.45, 7) is 4.15. The quantitative estimate of drug-likeness (QED) is 0.170. The zero-order valence-electron chi connectivity index (χ0n) is 32.1. The Hall–Kier alpha value is -6.72. The largest absolute Gasteiger partial charge is 0.448 e. The van der Waals surface area contributed by atoms with E-state index in [2.05, 4.69) is 49.5 Å². The number of anilines is 2. The van der Waals surface area contributed by atoms with Crippen molar-refractivity contribution in [2.45, 2.75) is 57.3 Å². The number of aryl methyl sites for hydroxylation is 3. The van der Waals surface area contributed by atoms with Gasteiger partial charge in [-0.1, -0.05) is 5.92 Å². The molecule has 8 heterocycles. The zero-order valence-corrected chi connectivity index (χ0v) is 32.1. The predicted octanol–water partition coefficient (Wildman–Crippen LogP) is 5.12. The summed E-state index contributed by atoms with van der Waals surface area (Å²) in [6, 6.07) is 13.3. The molecule has 3 aliphatic rings. The summed E-state index contributed by atoms with van der Waals surface area (Å²) in [6.07, 6.45) is 9.21. The number of carbonyl (C=O) groups is 3. The van der Waals surface area contributed by atoms with Gasteiger partial charge in [-0.05, 0) is 92.8 Å². The number of pyridine rings is 3. The molecule has 5 aromatic heterocycles. The van der Waals surface area contributed by atoms with E-state index in [0.29, 0.717) is 51.7 Å². The molecule has 0 aliphatic carbocycles. The number of furan rings is 1. The molecule has 0 saturated carbocycles. The summed E-state index contributed by atoms with van der Waals surface area (Å²) in [5.74, 6) is 5.45. The van der Waals surface area contributed by atoms with E-state index in [-0.39, 0.29) is 41.9 Å². The highest BCUT2D eigenvalue weighted by Crippen LogP contribution is 2.40. The van der Waals surface area contributed by atoms with Crippen LogP contribution in [0.2, 0.25) is 0 Å². The molecule has 2 saturated heterocycles. The molecule has 14 nitrogen and oxygen atoms in total. The van der Waals surface area contributed by atoms with Gasteiger partial charge in [0.25, 0.3) is 11.5 Å². The van der Waals surface area contributed by atoms with Crippen molar-refractivity contribution < 1.29 is 23.5 Å². The summed E-state index contributed by atoms with van der Waals surface area (Å²) >= 11 is 0. The number of nitrogens with zero attached hydrogens (tertiary/aromatic N) is 6. The third-order valence-electron chi connectivity index (χ3n) is 11.3. The van der Waals surface area contributed by atoms with E-state index in [1.54, 1.807) is 41.2 Å². The molecule has 292 valence electrons. The first-order valence-electron chi connectivity index (χ1n) is 19.5. The monoisotopic (exact) mass is 776 g/mol. The van der Waals surface area contributed by atoms with Crippen LogP contribution in [0.1, 0.15) is 82.7 Å². The van der Waals surface area contributed by atoms with Crippen molar-refractivity contribution in [2.75, 3.05) is 31.2 Å². The lowest BCUT2D eigenvalue weighted by Gasteiger charge is -2.33. The van der Waals surface area contributed by atoms with Gasteiger partial charge in [0, 0.05) is 73.6 Å². The molecule has 1 aromatic carbocycles. The van der Waals surface area contributed by atoms with Crippen LogP contribution in [0.5, 0.6) is 0 Å². The summed E-state index contributed by atoms with van der Waals surface area (Å²) in [5, 5.41) is 6.81. The van der Waals surface area contributed by atoms with Crippen LogP contribution in [0.4, 0.5) is 11.4 Å². The van der Waals surface area contributed by atoms with Gasteiger partial charge in [-0.2, -0.15) is 0 Å². The van der Waals surface area contributed by atoms with Crippen molar-refractivity contribution in [1.82, 2.24) is 35.1 Å². The number of imide groups is 1. The first kappa shape index (κ1) is 36.9. The van der Waals surface area contributed by atoms with Gasteiger partial charge >= 0.3 is 0 Å². The standard InChI is InChI=1S/C44H40N8O6/c1-25-19-31-35(51(2)44(25)56)20-28(26-12-17-57-18-13-26)21-36(31)52-16-4-6-33-37(52)24-48-41(49-33)27-7-9-34(47-23-27)43(55)46-14-3-5-29-22-32-38(58-29)11-15-45-40(32)30-8-10-39(53)50-42(30)54/h7,9,11,15,19-24,26,30H,4,6,8,10,12-14,16-18H2,1-2H3,(H,46,55)(H,50,53,54). The number of nitrogens with one attached hydrogen (secondary N) is 2. The second kappa shape index (κ2) is 15.3. The molecule has 0 radical (unpaired) electrons. The molecule has 14 heteroatoms. The minimum absolute atomic E-state index is 0.00195. The van der Waals surface area contributed by atoms with Crippen LogP contribution >= 0.6 is 0 Å². The molecular weight excluding hydrogens is 737 g/mol. The highest BCUT2D eigenvalue weighted by atomic mass is 16.5. The Balaban J connectivity index is 0.901.